The van der Waals surface area contributed by atoms with Crippen LogP contribution in [0.5, 0.6) is 0 Å². The van der Waals surface area contributed by atoms with E-state index in [2.05, 4.69) is 0 Å². The predicted octanol–water partition coefficient (Wildman–Crippen LogP) is 2.31. The van der Waals surface area contributed by atoms with Crippen LogP contribution in [0, 0.1) is 5.41 Å². The third-order valence-electron chi connectivity index (χ3n) is 1.79. The molecule has 0 fully saturated rings. The van der Waals surface area contributed by atoms with Crippen LogP contribution in [0.1, 0.15) is 34.6 Å². The van der Waals surface area contributed by atoms with E-state index in [1.807, 2.05) is 32.9 Å². The van der Waals surface area contributed by atoms with Gasteiger partial charge in [0.2, 0.25) is 0 Å². The quantitative estimate of drug-likeness (QED) is 0.545. The number of hydrogen-bond acceptors (Lipinski definition) is 2. The lowest BCUT2D eigenvalue weighted by molar-refractivity contribution is 0.133. The summed E-state index contributed by atoms with van der Waals surface area (Å²) in [6.07, 6.45) is 3.90. The lowest BCUT2D eigenvalue weighted by Crippen LogP contribution is -2.27. The average molecular weight is 204 g/mol. The average Bonchev–Trinajstić information content (AvgIpc) is 1.82. The normalized spacial score (nSPS) is 17.5. The van der Waals surface area contributed by atoms with Crippen LogP contribution in [0.25, 0.3) is 0 Å². The summed E-state index contributed by atoms with van der Waals surface area (Å²) in [5, 5.41) is 18.6. The summed E-state index contributed by atoms with van der Waals surface area (Å²) in [5.74, 6) is -0.483. The molecule has 0 spiro atoms. The molecule has 0 saturated heterocycles. The number of hydrogen-bond donors (Lipinski definition) is 2. The SMILES string of the molecule is CC=CC(C)(C)C(O)PC(C)(C)O. The van der Waals surface area contributed by atoms with E-state index in [9.17, 15) is 10.2 Å². The largest absolute Gasteiger partial charge is 0.388 e. The van der Waals surface area contributed by atoms with Crippen LogP contribution in [0.3, 0.4) is 0 Å². The molecule has 2 nitrogen and oxygen atoms in total. The highest BCUT2D eigenvalue weighted by Crippen LogP contribution is 2.41. The molecule has 2 N–H and O–H groups in total. The van der Waals surface area contributed by atoms with Crippen LogP contribution < -0.4 is 0 Å². The van der Waals surface area contributed by atoms with Crippen molar-refractivity contribution >= 4 is 8.58 Å². The fraction of sp³-hybridized carbons (Fsp3) is 0.800. The Bertz CT molecular complexity index is 180. The van der Waals surface area contributed by atoms with E-state index in [1.165, 1.54) is 0 Å². The molecule has 0 aromatic rings. The van der Waals surface area contributed by atoms with E-state index >= 15 is 0 Å². The van der Waals surface area contributed by atoms with Gasteiger partial charge in [-0.2, -0.15) is 0 Å². The van der Waals surface area contributed by atoms with Gasteiger partial charge in [0.05, 0.1) is 11.2 Å². The van der Waals surface area contributed by atoms with Crippen molar-refractivity contribution in [2.45, 2.75) is 45.8 Å². The van der Waals surface area contributed by atoms with Crippen molar-refractivity contribution in [1.29, 1.82) is 0 Å². The summed E-state index contributed by atoms with van der Waals surface area (Å²) in [6.45, 7) is 9.31. The number of aliphatic hydroxyl groups is 2. The van der Waals surface area contributed by atoms with Crippen molar-refractivity contribution < 1.29 is 10.2 Å². The standard InChI is InChI=1S/C10H21O2P/c1-6-7-9(2,3)8(11)13-10(4,5)12/h6-8,11-13H,1-5H3. The maximum absolute atomic E-state index is 9.84. The van der Waals surface area contributed by atoms with E-state index in [-0.39, 0.29) is 14.0 Å². The van der Waals surface area contributed by atoms with Gasteiger partial charge in [-0.05, 0) is 20.8 Å². The number of aliphatic hydroxyl groups excluding tert-OH is 1. The third kappa shape index (κ3) is 5.41. The van der Waals surface area contributed by atoms with Gasteiger partial charge in [-0.15, -0.1) is 0 Å². The van der Waals surface area contributed by atoms with Gasteiger partial charge in [0.25, 0.3) is 0 Å². The first-order chi connectivity index (χ1) is 5.69. The molecule has 0 bridgehead atoms. The zero-order chi connectivity index (χ0) is 10.7. The van der Waals surface area contributed by atoms with Gasteiger partial charge in [0, 0.05) is 5.41 Å². The van der Waals surface area contributed by atoms with Crippen molar-refractivity contribution in [3.8, 4) is 0 Å². The van der Waals surface area contributed by atoms with Crippen molar-refractivity contribution in [1.82, 2.24) is 0 Å². The maximum atomic E-state index is 9.84. The molecule has 0 aliphatic rings. The second-order valence-corrected chi connectivity index (χ2v) is 6.49. The smallest absolute Gasteiger partial charge is 0.0814 e. The van der Waals surface area contributed by atoms with Crippen LogP contribution in [0.15, 0.2) is 12.2 Å². The van der Waals surface area contributed by atoms with Gasteiger partial charge < -0.3 is 10.2 Å². The van der Waals surface area contributed by atoms with E-state index in [0.717, 1.165) is 0 Å². The summed E-state index contributed by atoms with van der Waals surface area (Å²) in [6, 6.07) is 0. The molecular formula is C10H21O2P. The predicted molar refractivity (Wildman–Crippen MR) is 59.2 cm³/mol. The zero-order valence-corrected chi connectivity index (χ0v) is 10.1. The topological polar surface area (TPSA) is 40.5 Å². The van der Waals surface area contributed by atoms with Crippen molar-refractivity contribution in [2.75, 3.05) is 0 Å². The lowest BCUT2D eigenvalue weighted by atomic mass is 9.94. The van der Waals surface area contributed by atoms with E-state index < -0.39 is 11.2 Å². The van der Waals surface area contributed by atoms with Gasteiger partial charge in [0.1, 0.15) is 0 Å². The van der Waals surface area contributed by atoms with Crippen LogP contribution in [-0.4, -0.2) is 21.4 Å². The maximum Gasteiger partial charge on any atom is 0.0814 e. The van der Waals surface area contributed by atoms with Crippen LogP contribution >= 0.6 is 8.58 Å². The van der Waals surface area contributed by atoms with Crippen LogP contribution in [0.4, 0.5) is 0 Å². The highest BCUT2D eigenvalue weighted by Gasteiger charge is 2.29. The second kappa shape index (κ2) is 4.54. The first kappa shape index (κ1) is 13.1. The molecule has 0 rings (SSSR count). The van der Waals surface area contributed by atoms with E-state index in [1.54, 1.807) is 13.8 Å². The lowest BCUT2D eigenvalue weighted by Gasteiger charge is -2.31. The minimum absolute atomic E-state index is 0.136. The fourth-order valence-corrected chi connectivity index (χ4v) is 2.18. The minimum atomic E-state index is -0.779. The summed E-state index contributed by atoms with van der Waals surface area (Å²) in [7, 11) is 0.136. The van der Waals surface area contributed by atoms with Gasteiger partial charge in [-0.1, -0.05) is 34.6 Å². The van der Waals surface area contributed by atoms with E-state index in [4.69, 9.17) is 0 Å². The van der Waals surface area contributed by atoms with Gasteiger partial charge >= 0.3 is 0 Å². The van der Waals surface area contributed by atoms with Gasteiger partial charge in [-0.3, -0.25) is 0 Å². The molecule has 3 heteroatoms. The molecule has 0 amide bonds. The third-order valence-corrected chi connectivity index (χ3v) is 3.51. The Labute approximate surface area is 82.8 Å². The summed E-state index contributed by atoms with van der Waals surface area (Å²) >= 11 is 0. The van der Waals surface area contributed by atoms with Gasteiger partial charge in [0.15, 0.2) is 0 Å². The summed E-state index contributed by atoms with van der Waals surface area (Å²) < 4.78 is 0. The Morgan fingerprint density at radius 3 is 2.00 bits per heavy atom. The molecule has 0 heterocycles. The molecule has 0 aromatic carbocycles. The molecule has 2 unspecified atom stereocenters. The van der Waals surface area contributed by atoms with Crippen LogP contribution in [0.2, 0.25) is 0 Å². The molecule has 78 valence electrons. The first-order valence-electron chi connectivity index (χ1n) is 4.51. The monoisotopic (exact) mass is 204 g/mol. The van der Waals surface area contributed by atoms with Crippen molar-refractivity contribution in [3.63, 3.8) is 0 Å². The summed E-state index contributed by atoms with van der Waals surface area (Å²) in [5.41, 5.74) is -0.257. The molecule has 13 heavy (non-hydrogen) atoms. The summed E-state index contributed by atoms with van der Waals surface area (Å²) in [4.78, 5) is 0. The Morgan fingerprint density at radius 1 is 1.23 bits per heavy atom. The van der Waals surface area contributed by atoms with Crippen molar-refractivity contribution in [2.24, 2.45) is 5.41 Å². The molecule has 0 radical (unpaired) electrons. The zero-order valence-electron chi connectivity index (χ0n) is 9.13. The molecular weight excluding hydrogens is 183 g/mol. The van der Waals surface area contributed by atoms with Crippen LogP contribution in [-0.2, 0) is 0 Å². The van der Waals surface area contributed by atoms with Crippen molar-refractivity contribution in [3.05, 3.63) is 12.2 Å². The fourth-order valence-electron chi connectivity index (χ4n) is 1.04. The Morgan fingerprint density at radius 2 is 1.69 bits per heavy atom. The Balaban J connectivity index is 4.33. The minimum Gasteiger partial charge on any atom is -0.388 e. The Kier molecular flexibility index (Phi) is 4.58. The molecule has 0 aliphatic carbocycles. The second-order valence-electron chi connectivity index (χ2n) is 4.43. The molecule has 2 atom stereocenters. The molecule has 0 saturated carbocycles. The molecule has 0 aromatic heterocycles. The first-order valence-corrected chi connectivity index (χ1v) is 5.59. The highest BCUT2D eigenvalue weighted by atomic mass is 31.1. The van der Waals surface area contributed by atoms with E-state index in [0.29, 0.717) is 0 Å². The molecule has 0 aliphatic heterocycles. The number of allylic oxidation sites excluding steroid dienone is 1. The van der Waals surface area contributed by atoms with Gasteiger partial charge in [-0.25, -0.2) is 0 Å². The number of rotatable bonds is 4. The highest BCUT2D eigenvalue weighted by molar-refractivity contribution is 7.40. The Hall–Kier alpha value is 0.0900.